The molecule has 2 aromatic carbocycles. The summed E-state index contributed by atoms with van der Waals surface area (Å²) in [4.78, 5) is 23.2. The van der Waals surface area contributed by atoms with Gasteiger partial charge in [0.05, 0.1) is 10.6 Å². The van der Waals surface area contributed by atoms with Gasteiger partial charge in [0.15, 0.2) is 5.69 Å². The van der Waals surface area contributed by atoms with Crippen LogP contribution in [0.15, 0.2) is 60.8 Å². The van der Waals surface area contributed by atoms with Gasteiger partial charge in [0.1, 0.15) is 5.82 Å². The van der Waals surface area contributed by atoms with Crippen molar-refractivity contribution in [1.29, 1.82) is 0 Å². The number of carbonyl (C=O) groups excluding carboxylic acids is 1. The molecular formula is C22H21FN4O4. The summed E-state index contributed by atoms with van der Waals surface area (Å²) in [5, 5.41) is 18.2. The van der Waals surface area contributed by atoms with E-state index in [1.807, 2.05) is 0 Å². The van der Waals surface area contributed by atoms with Crippen molar-refractivity contribution in [2.75, 3.05) is 19.8 Å². The summed E-state index contributed by atoms with van der Waals surface area (Å²) >= 11 is 0. The Kier molecular flexibility index (Phi) is 5.77. The number of nitrogens with zero attached hydrogens (tertiary/aromatic N) is 3. The second kappa shape index (κ2) is 8.65. The van der Waals surface area contributed by atoms with Gasteiger partial charge in [0, 0.05) is 43.5 Å². The predicted molar refractivity (Wildman–Crippen MR) is 111 cm³/mol. The number of amides is 1. The molecule has 1 amide bonds. The standard InChI is InChI=1S/C22H21FN4O4/c23-17-6-4-16(5-7-17)22(9-12-31-13-10-22)15-24-21(28)20-8-11-26(25-20)18-2-1-3-19(14-18)27(29)30/h1-8,11,14H,9-10,12-13,15H2,(H,24,28). The van der Waals surface area contributed by atoms with Crippen LogP contribution in [-0.2, 0) is 10.2 Å². The van der Waals surface area contributed by atoms with Crippen LogP contribution in [0.4, 0.5) is 10.1 Å². The second-order valence-corrected chi connectivity index (χ2v) is 7.50. The monoisotopic (exact) mass is 424 g/mol. The Labute approximate surface area is 177 Å². The number of carbonyl (C=O) groups is 1. The molecule has 0 saturated carbocycles. The van der Waals surface area contributed by atoms with Crippen LogP contribution in [0.3, 0.4) is 0 Å². The number of nitro groups is 1. The Morgan fingerprint density at radius 2 is 1.94 bits per heavy atom. The van der Waals surface area contributed by atoms with Gasteiger partial charge < -0.3 is 10.1 Å². The van der Waals surface area contributed by atoms with Gasteiger partial charge in [0.25, 0.3) is 11.6 Å². The Morgan fingerprint density at radius 1 is 1.19 bits per heavy atom. The zero-order chi connectivity index (χ0) is 21.8. The van der Waals surface area contributed by atoms with Crippen molar-refractivity contribution < 1.29 is 18.8 Å². The van der Waals surface area contributed by atoms with Crippen molar-refractivity contribution in [3.63, 3.8) is 0 Å². The maximum absolute atomic E-state index is 13.4. The predicted octanol–water partition coefficient (Wildman–Crippen LogP) is 3.40. The minimum Gasteiger partial charge on any atom is -0.381 e. The topological polar surface area (TPSA) is 99.3 Å². The van der Waals surface area contributed by atoms with Crippen LogP contribution in [0, 0.1) is 15.9 Å². The molecular weight excluding hydrogens is 403 g/mol. The molecule has 9 heteroatoms. The molecule has 0 unspecified atom stereocenters. The third kappa shape index (κ3) is 4.46. The minimum atomic E-state index is -0.483. The number of hydrogen-bond acceptors (Lipinski definition) is 5. The highest BCUT2D eigenvalue weighted by Crippen LogP contribution is 2.34. The van der Waals surface area contributed by atoms with Crippen LogP contribution in [0.25, 0.3) is 5.69 Å². The van der Waals surface area contributed by atoms with Gasteiger partial charge in [-0.3, -0.25) is 14.9 Å². The summed E-state index contributed by atoms with van der Waals surface area (Å²) < 4.78 is 20.3. The van der Waals surface area contributed by atoms with Crippen LogP contribution >= 0.6 is 0 Å². The first-order valence-corrected chi connectivity index (χ1v) is 9.89. The molecule has 1 fully saturated rings. The van der Waals surface area contributed by atoms with Crippen molar-refractivity contribution in [2.24, 2.45) is 0 Å². The molecule has 8 nitrogen and oxygen atoms in total. The van der Waals surface area contributed by atoms with Gasteiger partial charge in [-0.25, -0.2) is 9.07 Å². The summed E-state index contributed by atoms with van der Waals surface area (Å²) in [6.45, 7) is 1.49. The lowest BCUT2D eigenvalue weighted by Gasteiger charge is -2.37. The van der Waals surface area contributed by atoms with Gasteiger partial charge in [-0.05, 0) is 42.7 Å². The smallest absolute Gasteiger partial charge is 0.271 e. The quantitative estimate of drug-likeness (QED) is 0.483. The first-order valence-electron chi connectivity index (χ1n) is 9.89. The fourth-order valence-corrected chi connectivity index (χ4v) is 3.81. The van der Waals surface area contributed by atoms with Crippen LogP contribution in [0.1, 0.15) is 28.9 Å². The molecule has 160 valence electrons. The van der Waals surface area contributed by atoms with E-state index in [9.17, 15) is 19.3 Å². The third-order valence-corrected chi connectivity index (χ3v) is 5.62. The zero-order valence-electron chi connectivity index (χ0n) is 16.7. The Hall–Kier alpha value is -3.59. The molecule has 4 rings (SSSR count). The van der Waals surface area contributed by atoms with E-state index in [0.29, 0.717) is 38.3 Å². The molecule has 1 aliphatic heterocycles. The number of hydrogen-bond donors (Lipinski definition) is 1. The molecule has 1 aliphatic rings. The lowest BCUT2D eigenvalue weighted by atomic mass is 9.74. The molecule has 31 heavy (non-hydrogen) atoms. The first kappa shape index (κ1) is 20.7. The maximum Gasteiger partial charge on any atom is 0.271 e. The lowest BCUT2D eigenvalue weighted by Crippen LogP contribution is -2.44. The number of ether oxygens (including phenoxy) is 1. The van der Waals surface area contributed by atoms with E-state index < -0.39 is 4.92 Å². The highest BCUT2D eigenvalue weighted by Gasteiger charge is 2.35. The van der Waals surface area contributed by atoms with E-state index in [2.05, 4.69) is 10.4 Å². The normalized spacial score (nSPS) is 15.4. The summed E-state index contributed by atoms with van der Waals surface area (Å²) in [5.41, 5.74) is 1.25. The van der Waals surface area contributed by atoms with Crippen LogP contribution in [0.5, 0.6) is 0 Å². The molecule has 0 atom stereocenters. The molecule has 0 aliphatic carbocycles. The van der Waals surface area contributed by atoms with Crippen molar-refractivity contribution in [1.82, 2.24) is 15.1 Å². The Morgan fingerprint density at radius 3 is 2.65 bits per heavy atom. The number of rotatable bonds is 6. The van der Waals surface area contributed by atoms with E-state index in [-0.39, 0.29) is 28.5 Å². The van der Waals surface area contributed by atoms with E-state index in [0.717, 1.165) is 5.56 Å². The molecule has 1 N–H and O–H groups in total. The average molecular weight is 424 g/mol. The number of non-ortho nitro benzene ring substituents is 1. The molecule has 0 spiro atoms. The molecule has 2 heterocycles. The highest BCUT2D eigenvalue weighted by molar-refractivity contribution is 5.92. The Bertz CT molecular complexity index is 1090. The number of halogens is 1. The largest absolute Gasteiger partial charge is 0.381 e. The Balaban J connectivity index is 1.49. The first-order chi connectivity index (χ1) is 15.0. The van der Waals surface area contributed by atoms with E-state index in [4.69, 9.17) is 4.74 Å². The number of aromatic nitrogens is 2. The van der Waals surface area contributed by atoms with Crippen molar-refractivity contribution >= 4 is 11.6 Å². The van der Waals surface area contributed by atoms with Gasteiger partial charge >= 0.3 is 0 Å². The third-order valence-electron chi connectivity index (χ3n) is 5.62. The fraction of sp³-hybridized carbons (Fsp3) is 0.273. The summed E-state index contributed by atoms with van der Waals surface area (Å²) in [7, 11) is 0. The minimum absolute atomic E-state index is 0.0558. The zero-order valence-corrected chi connectivity index (χ0v) is 16.7. The summed E-state index contributed by atoms with van der Waals surface area (Å²) in [6, 6.07) is 13.9. The van der Waals surface area contributed by atoms with Crippen LogP contribution in [0.2, 0.25) is 0 Å². The van der Waals surface area contributed by atoms with Gasteiger partial charge in [-0.15, -0.1) is 0 Å². The SMILES string of the molecule is O=C(NCC1(c2ccc(F)cc2)CCOCC1)c1ccn(-c2cccc([N+](=O)[O-])c2)n1. The number of benzene rings is 2. The molecule has 0 radical (unpaired) electrons. The van der Waals surface area contributed by atoms with Crippen LogP contribution < -0.4 is 5.32 Å². The summed E-state index contributed by atoms with van der Waals surface area (Å²) in [5.74, 6) is -0.654. The van der Waals surface area contributed by atoms with Gasteiger partial charge in [-0.1, -0.05) is 18.2 Å². The number of nitro benzene ring substituents is 1. The van der Waals surface area contributed by atoms with Gasteiger partial charge in [0.2, 0.25) is 0 Å². The van der Waals surface area contributed by atoms with Crippen molar-refractivity contribution in [3.05, 3.63) is 88.0 Å². The number of nitrogens with one attached hydrogen (secondary N) is 1. The van der Waals surface area contributed by atoms with Crippen LogP contribution in [-0.4, -0.2) is 40.4 Å². The van der Waals surface area contributed by atoms with Gasteiger partial charge in [-0.2, -0.15) is 5.10 Å². The highest BCUT2D eigenvalue weighted by atomic mass is 19.1. The average Bonchev–Trinajstić information content (AvgIpc) is 3.29. The molecule has 1 aromatic heterocycles. The lowest BCUT2D eigenvalue weighted by molar-refractivity contribution is -0.384. The molecule has 3 aromatic rings. The van der Waals surface area contributed by atoms with E-state index in [1.54, 1.807) is 36.5 Å². The molecule has 0 bridgehead atoms. The van der Waals surface area contributed by atoms with Crippen molar-refractivity contribution in [2.45, 2.75) is 18.3 Å². The van der Waals surface area contributed by atoms with E-state index >= 15 is 0 Å². The summed E-state index contributed by atoms with van der Waals surface area (Å²) in [6.07, 6.45) is 3.00. The molecule has 1 saturated heterocycles. The maximum atomic E-state index is 13.4. The second-order valence-electron chi connectivity index (χ2n) is 7.50. The van der Waals surface area contributed by atoms with Crippen molar-refractivity contribution in [3.8, 4) is 5.69 Å². The fourth-order valence-electron chi connectivity index (χ4n) is 3.81. The van der Waals surface area contributed by atoms with E-state index in [1.165, 1.54) is 28.9 Å².